The lowest BCUT2D eigenvalue weighted by atomic mass is 10.2. The molecule has 0 saturated heterocycles. The van der Waals surface area contributed by atoms with E-state index >= 15 is 0 Å². The minimum atomic E-state index is -0.358. The molecule has 2 amide bonds. The molecule has 2 aromatic rings. The van der Waals surface area contributed by atoms with E-state index in [9.17, 15) is 9.59 Å². The number of anilines is 2. The third kappa shape index (κ3) is 6.11. The highest BCUT2D eigenvalue weighted by atomic mass is 35.5. The number of carbonyl (C=O) groups excluding carboxylic acids is 2. The van der Waals surface area contributed by atoms with Crippen molar-refractivity contribution >= 4 is 46.6 Å². The first kappa shape index (κ1) is 19.3. The fourth-order valence-corrected chi connectivity index (χ4v) is 2.98. The van der Waals surface area contributed by atoms with Crippen LogP contribution in [-0.4, -0.2) is 22.8 Å². The van der Waals surface area contributed by atoms with Crippen molar-refractivity contribution in [2.24, 2.45) is 0 Å². The summed E-state index contributed by atoms with van der Waals surface area (Å²) in [4.78, 5) is 24.2. The molecule has 6 heteroatoms. The lowest BCUT2D eigenvalue weighted by molar-refractivity contribution is -0.115. The largest absolute Gasteiger partial charge is 0.325 e. The number of nitrogens with one attached hydrogen (secondary N) is 2. The first-order valence-corrected chi connectivity index (χ1v) is 9.33. The fourth-order valence-electron chi connectivity index (χ4n) is 2.11. The van der Waals surface area contributed by atoms with Crippen LogP contribution in [0.15, 0.2) is 42.5 Å². The molecule has 4 nitrogen and oxygen atoms in total. The van der Waals surface area contributed by atoms with Crippen molar-refractivity contribution in [2.45, 2.75) is 26.0 Å². The Kier molecular flexibility index (Phi) is 6.91. The molecule has 1 atom stereocenters. The van der Waals surface area contributed by atoms with Crippen LogP contribution < -0.4 is 10.6 Å². The maximum Gasteiger partial charge on any atom is 0.237 e. The Morgan fingerprint density at radius 2 is 1.80 bits per heavy atom. The first-order valence-electron chi connectivity index (χ1n) is 7.90. The van der Waals surface area contributed by atoms with Gasteiger partial charge in [0.25, 0.3) is 0 Å². The zero-order valence-corrected chi connectivity index (χ0v) is 16.0. The number of carbonyl (C=O) groups is 2. The molecule has 0 spiro atoms. The quantitative estimate of drug-likeness (QED) is 0.771. The summed E-state index contributed by atoms with van der Waals surface area (Å²) in [7, 11) is 0. The molecule has 132 valence electrons. The number of halogens is 1. The maximum atomic E-state index is 12.2. The van der Waals surface area contributed by atoms with Gasteiger partial charge in [-0.25, -0.2) is 0 Å². The standard InChI is InChI=1S/C19H21ClN2O2S/c1-12-5-4-6-15(9-12)21-18(23)11-25-14(3)19(24)22-16-8-7-13(2)17(20)10-16/h4-10,14H,11H2,1-3H3,(H,21,23)(H,22,24)/t14-/m1/s1. The summed E-state index contributed by atoms with van der Waals surface area (Å²) < 4.78 is 0. The predicted octanol–water partition coefficient (Wildman–Crippen LogP) is 4.66. The normalized spacial score (nSPS) is 11.7. The molecule has 0 heterocycles. The van der Waals surface area contributed by atoms with Gasteiger partial charge in [-0.1, -0.05) is 29.8 Å². The van der Waals surface area contributed by atoms with E-state index < -0.39 is 0 Å². The maximum absolute atomic E-state index is 12.2. The SMILES string of the molecule is Cc1cccc(NC(=O)CS[C@H](C)C(=O)Nc2ccc(C)c(Cl)c2)c1. The van der Waals surface area contributed by atoms with Crippen LogP contribution in [-0.2, 0) is 9.59 Å². The van der Waals surface area contributed by atoms with Crippen molar-refractivity contribution in [1.82, 2.24) is 0 Å². The molecule has 2 rings (SSSR count). The van der Waals surface area contributed by atoms with Gasteiger partial charge in [0.2, 0.25) is 11.8 Å². The molecule has 2 N–H and O–H groups in total. The highest BCUT2D eigenvalue weighted by Gasteiger charge is 2.16. The molecule has 2 aromatic carbocycles. The molecule has 25 heavy (non-hydrogen) atoms. The van der Waals surface area contributed by atoms with Crippen molar-refractivity contribution in [1.29, 1.82) is 0 Å². The summed E-state index contributed by atoms with van der Waals surface area (Å²) in [5.41, 5.74) is 3.44. The van der Waals surface area contributed by atoms with Gasteiger partial charge in [0, 0.05) is 16.4 Å². The summed E-state index contributed by atoms with van der Waals surface area (Å²) in [5.74, 6) is -0.0844. The van der Waals surface area contributed by atoms with Gasteiger partial charge in [0.05, 0.1) is 11.0 Å². The van der Waals surface area contributed by atoms with Gasteiger partial charge in [-0.15, -0.1) is 11.8 Å². The minimum Gasteiger partial charge on any atom is -0.325 e. The van der Waals surface area contributed by atoms with Crippen LogP contribution in [0.5, 0.6) is 0 Å². The van der Waals surface area contributed by atoms with Crippen LogP contribution in [0.1, 0.15) is 18.1 Å². The second-order valence-corrected chi connectivity index (χ2v) is 7.56. The van der Waals surface area contributed by atoms with Crippen LogP contribution in [0.25, 0.3) is 0 Å². The highest BCUT2D eigenvalue weighted by molar-refractivity contribution is 8.01. The molecule has 0 aliphatic carbocycles. The van der Waals surface area contributed by atoms with Crippen molar-refractivity contribution in [3.05, 3.63) is 58.6 Å². The van der Waals surface area contributed by atoms with E-state index in [1.54, 1.807) is 19.1 Å². The second-order valence-electron chi connectivity index (χ2n) is 5.82. The van der Waals surface area contributed by atoms with Gasteiger partial charge in [-0.05, 0) is 56.2 Å². The molecule has 0 aliphatic rings. The third-order valence-electron chi connectivity index (χ3n) is 3.57. The van der Waals surface area contributed by atoms with Gasteiger partial charge in [-0.2, -0.15) is 0 Å². The minimum absolute atomic E-state index is 0.131. The molecular weight excluding hydrogens is 356 g/mol. The fraction of sp³-hybridized carbons (Fsp3) is 0.263. The Balaban J connectivity index is 1.82. The number of amides is 2. The monoisotopic (exact) mass is 376 g/mol. The molecule has 0 unspecified atom stereocenters. The lowest BCUT2D eigenvalue weighted by Gasteiger charge is -2.13. The Labute approximate surface area is 157 Å². The van der Waals surface area contributed by atoms with Crippen LogP contribution in [0.2, 0.25) is 5.02 Å². The zero-order chi connectivity index (χ0) is 18.4. The third-order valence-corrected chi connectivity index (χ3v) is 5.12. The average molecular weight is 377 g/mol. The Bertz CT molecular complexity index is 780. The average Bonchev–Trinajstić information content (AvgIpc) is 2.56. The van der Waals surface area contributed by atoms with Crippen LogP contribution in [0, 0.1) is 13.8 Å². The van der Waals surface area contributed by atoms with E-state index in [0.717, 1.165) is 16.8 Å². The van der Waals surface area contributed by atoms with Crippen molar-refractivity contribution < 1.29 is 9.59 Å². The van der Waals surface area contributed by atoms with Crippen LogP contribution >= 0.6 is 23.4 Å². The summed E-state index contributed by atoms with van der Waals surface area (Å²) in [6, 6.07) is 13.0. The van der Waals surface area contributed by atoms with Gasteiger partial charge in [0.15, 0.2) is 0 Å². The number of aryl methyl sites for hydroxylation is 2. The molecule has 0 aromatic heterocycles. The highest BCUT2D eigenvalue weighted by Crippen LogP contribution is 2.21. The number of hydrogen-bond donors (Lipinski definition) is 2. The van der Waals surface area contributed by atoms with Crippen LogP contribution in [0.3, 0.4) is 0 Å². The van der Waals surface area contributed by atoms with Gasteiger partial charge in [-0.3, -0.25) is 9.59 Å². The van der Waals surface area contributed by atoms with Crippen LogP contribution in [0.4, 0.5) is 11.4 Å². The molecule has 0 aliphatic heterocycles. The second kappa shape index (κ2) is 8.92. The van der Waals surface area contributed by atoms with Crippen molar-refractivity contribution in [3.8, 4) is 0 Å². The zero-order valence-electron chi connectivity index (χ0n) is 14.4. The van der Waals surface area contributed by atoms with Gasteiger partial charge < -0.3 is 10.6 Å². The van der Waals surface area contributed by atoms with E-state index in [1.807, 2.05) is 44.2 Å². The van der Waals surface area contributed by atoms with Crippen molar-refractivity contribution in [2.75, 3.05) is 16.4 Å². The molecule has 0 saturated carbocycles. The number of rotatable bonds is 6. The summed E-state index contributed by atoms with van der Waals surface area (Å²) in [6.45, 7) is 5.64. The summed E-state index contributed by atoms with van der Waals surface area (Å²) >= 11 is 7.34. The van der Waals surface area contributed by atoms with E-state index in [1.165, 1.54) is 11.8 Å². The number of thioether (sulfide) groups is 1. The van der Waals surface area contributed by atoms with E-state index in [-0.39, 0.29) is 22.8 Å². The Morgan fingerprint density at radius 3 is 2.48 bits per heavy atom. The Morgan fingerprint density at radius 1 is 1.08 bits per heavy atom. The molecule has 0 bridgehead atoms. The summed E-state index contributed by atoms with van der Waals surface area (Å²) in [6.07, 6.45) is 0. The van der Waals surface area contributed by atoms with Gasteiger partial charge >= 0.3 is 0 Å². The first-order chi connectivity index (χ1) is 11.8. The van der Waals surface area contributed by atoms with E-state index in [0.29, 0.717) is 10.7 Å². The Hall–Kier alpha value is -1.98. The topological polar surface area (TPSA) is 58.2 Å². The summed E-state index contributed by atoms with van der Waals surface area (Å²) in [5, 5.41) is 5.90. The molecule has 0 radical (unpaired) electrons. The van der Waals surface area contributed by atoms with Crippen molar-refractivity contribution in [3.63, 3.8) is 0 Å². The van der Waals surface area contributed by atoms with E-state index in [4.69, 9.17) is 11.6 Å². The molecule has 0 fully saturated rings. The lowest BCUT2D eigenvalue weighted by Crippen LogP contribution is -2.25. The number of benzene rings is 2. The van der Waals surface area contributed by atoms with E-state index in [2.05, 4.69) is 10.6 Å². The predicted molar refractivity (Wildman–Crippen MR) is 107 cm³/mol. The smallest absolute Gasteiger partial charge is 0.237 e. The van der Waals surface area contributed by atoms with Gasteiger partial charge in [0.1, 0.15) is 0 Å². The number of hydrogen-bond acceptors (Lipinski definition) is 3. The molecular formula is C19H21ClN2O2S.